The third-order valence-corrected chi connectivity index (χ3v) is 1.25. The summed E-state index contributed by atoms with van der Waals surface area (Å²) in [6.45, 7) is 0. The van der Waals surface area contributed by atoms with Crippen LogP contribution in [0.3, 0.4) is 0 Å². The molecule has 0 radical (unpaired) electrons. The van der Waals surface area contributed by atoms with Crippen LogP contribution in [-0.4, -0.2) is 10.9 Å². The van der Waals surface area contributed by atoms with Gasteiger partial charge in [-0.1, -0.05) is 0 Å². The van der Waals surface area contributed by atoms with Crippen molar-refractivity contribution in [3.63, 3.8) is 0 Å². The van der Waals surface area contributed by atoms with Crippen molar-refractivity contribution in [1.29, 1.82) is 0 Å². The second-order valence-corrected chi connectivity index (χ2v) is 1.87. The number of nitrogens with zero attached hydrogens (tertiary/aromatic N) is 1. The van der Waals surface area contributed by atoms with Gasteiger partial charge in [-0.25, -0.2) is 4.99 Å². The number of carbonyl (C=O) groups is 1. The van der Waals surface area contributed by atoms with E-state index in [1.165, 1.54) is 6.08 Å². The Balaban J connectivity index is 0.000000500. The highest BCUT2D eigenvalue weighted by Crippen LogP contribution is 1.79. The first-order valence-corrected chi connectivity index (χ1v) is 2.64. The second kappa shape index (κ2) is 2.27. The maximum Gasteiger partial charge on any atom is 1.00 e. The average Bonchev–Trinajstić information content (AvgIpc) is 2.22. The molecule has 3 nitrogen and oxygen atoms in total. The lowest BCUT2D eigenvalue weighted by atomic mass is 10.5. The molecule has 52 valence electrons. The molecule has 0 bridgehead atoms. The van der Waals surface area contributed by atoms with Gasteiger partial charge in [0.2, 0.25) is 0 Å². The Morgan fingerprint density at radius 1 is 1.60 bits per heavy atom. The smallest absolute Gasteiger partial charge is 0.360 e. The Labute approximate surface area is 64.4 Å². The van der Waals surface area contributed by atoms with Gasteiger partial charge in [0, 0.05) is 12.3 Å². The Bertz CT molecular complexity index is 338. The Hall–Kier alpha value is -1.09. The number of aromatic nitrogens is 1. The van der Waals surface area contributed by atoms with E-state index in [0.29, 0.717) is 0 Å². The summed E-state index contributed by atoms with van der Waals surface area (Å²) in [5.74, 6) is -0.170. The van der Waals surface area contributed by atoms with E-state index < -0.39 is 0 Å². The average molecular weight is 158 g/mol. The SMILES string of the molecule is Cl.O=C1C=c2[nH]ccc2=N1.[H+]. The molecule has 0 aliphatic carbocycles. The molecule has 0 aromatic carbocycles. The van der Waals surface area contributed by atoms with Crippen LogP contribution in [0.5, 0.6) is 0 Å². The van der Waals surface area contributed by atoms with E-state index in [1.54, 1.807) is 12.3 Å². The number of nitrogens with one attached hydrogen (secondary N) is 1. The van der Waals surface area contributed by atoms with E-state index in [-0.39, 0.29) is 19.7 Å². The van der Waals surface area contributed by atoms with Gasteiger partial charge in [0.25, 0.3) is 5.91 Å². The number of fused-ring (bicyclic) bond motifs is 1. The van der Waals surface area contributed by atoms with Crippen molar-refractivity contribution >= 4 is 24.4 Å². The molecule has 1 aliphatic rings. The van der Waals surface area contributed by atoms with E-state index in [2.05, 4.69) is 9.98 Å². The number of hydrogen-bond acceptors (Lipinski definition) is 1. The number of carbonyl (C=O) groups excluding carboxylic acids is 1. The summed E-state index contributed by atoms with van der Waals surface area (Å²) in [4.78, 5) is 17.1. The van der Waals surface area contributed by atoms with Gasteiger partial charge in [-0.05, 0) is 6.07 Å². The molecule has 0 saturated heterocycles. The minimum absolute atomic E-state index is 0. The quantitative estimate of drug-likeness (QED) is 0.542. The number of hydrogen-bond donors (Lipinski definition) is 1. The Morgan fingerprint density at radius 2 is 2.40 bits per heavy atom. The van der Waals surface area contributed by atoms with Crippen LogP contribution in [0.2, 0.25) is 0 Å². The van der Waals surface area contributed by atoms with Gasteiger partial charge in [-0.15, -0.1) is 12.4 Å². The summed E-state index contributed by atoms with van der Waals surface area (Å²) < 4.78 is 0. The van der Waals surface area contributed by atoms with Crippen LogP contribution >= 0.6 is 12.4 Å². The number of halogens is 1. The molecule has 1 aromatic rings. The van der Waals surface area contributed by atoms with Crippen molar-refractivity contribution in [1.82, 2.24) is 4.98 Å². The lowest BCUT2D eigenvalue weighted by Gasteiger charge is -1.67. The summed E-state index contributed by atoms with van der Waals surface area (Å²) in [6, 6.07) is 1.77. The van der Waals surface area contributed by atoms with Crippen LogP contribution < -0.4 is 10.7 Å². The van der Waals surface area contributed by atoms with Crippen LogP contribution in [0, 0.1) is 0 Å². The molecule has 2 rings (SSSR count). The maximum atomic E-state index is 10.5. The van der Waals surface area contributed by atoms with Crippen LogP contribution in [0.15, 0.2) is 17.3 Å². The van der Waals surface area contributed by atoms with Crippen molar-refractivity contribution in [2.45, 2.75) is 0 Å². The topological polar surface area (TPSA) is 45.2 Å². The third-order valence-electron chi connectivity index (χ3n) is 1.25. The molecule has 4 heteroatoms. The number of aromatic amines is 1. The number of amides is 1. The molecule has 0 spiro atoms. The fourth-order valence-electron chi connectivity index (χ4n) is 0.862. The standard InChI is InChI=1S/C6H4N2O.ClH/c9-6-3-5-4(8-6)1-2-7-5;/h1-3,7H;1H/p+1. The summed E-state index contributed by atoms with van der Waals surface area (Å²) in [7, 11) is 0. The first kappa shape index (κ1) is 7.02. The highest BCUT2D eigenvalue weighted by molar-refractivity contribution is 6.06. The molecule has 0 unspecified atom stereocenters. The number of rotatable bonds is 0. The van der Waals surface area contributed by atoms with Gasteiger partial charge in [-0.2, -0.15) is 0 Å². The van der Waals surface area contributed by atoms with Gasteiger partial charge in [0.05, 0.1) is 10.7 Å². The zero-order valence-corrected chi connectivity index (χ0v) is 5.81. The monoisotopic (exact) mass is 157 g/mol. The molecular formula is C6H6ClN2O+. The summed E-state index contributed by atoms with van der Waals surface area (Å²) in [5.41, 5.74) is 0. The number of H-pyrrole nitrogens is 1. The Morgan fingerprint density at radius 3 is 3.10 bits per heavy atom. The zero-order chi connectivity index (χ0) is 6.27. The lowest BCUT2D eigenvalue weighted by Crippen LogP contribution is -2.17. The largest absolute Gasteiger partial charge is 1.00 e. The van der Waals surface area contributed by atoms with Crippen LogP contribution in [0.25, 0.3) is 6.08 Å². The minimum atomic E-state index is -0.170. The van der Waals surface area contributed by atoms with Gasteiger partial charge >= 0.3 is 1.43 Å². The molecule has 10 heavy (non-hydrogen) atoms. The minimum Gasteiger partial charge on any atom is -0.360 e. The lowest BCUT2D eigenvalue weighted by molar-refractivity contribution is -0.112. The molecule has 1 aromatic heterocycles. The molecule has 0 atom stereocenters. The van der Waals surface area contributed by atoms with Gasteiger partial charge in [0.15, 0.2) is 0 Å². The summed E-state index contributed by atoms with van der Waals surface area (Å²) in [6.07, 6.45) is 3.24. The molecule has 0 fully saturated rings. The molecule has 1 aliphatic heterocycles. The first-order valence-electron chi connectivity index (χ1n) is 2.64. The van der Waals surface area contributed by atoms with Gasteiger partial charge in [-0.3, -0.25) is 4.79 Å². The normalized spacial score (nSPS) is 13.0. The van der Waals surface area contributed by atoms with Crippen molar-refractivity contribution in [2.75, 3.05) is 0 Å². The summed E-state index contributed by atoms with van der Waals surface area (Å²) >= 11 is 0. The highest BCUT2D eigenvalue weighted by Gasteiger charge is 2.01. The molecular weight excluding hydrogens is 152 g/mol. The van der Waals surface area contributed by atoms with Crippen LogP contribution in [0.4, 0.5) is 0 Å². The van der Waals surface area contributed by atoms with E-state index in [9.17, 15) is 4.79 Å². The molecule has 2 heterocycles. The van der Waals surface area contributed by atoms with E-state index in [1.807, 2.05) is 0 Å². The fourth-order valence-corrected chi connectivity index (χ4v) is 0.862. The zero-order valence-electron chi connectivity index (χ0n) is 6.00. The fraction of sp³-hybridized carbons (Fsp3) is 0. The molecule has 1 amide bonds. The predicted octanol–water partition coefficient (Wildman–Crippen LogP) is -0.511. The van der Waals surface area contributed by atoms with E-state index >= 15 is 0 Å². The highest BCUT2D eigenvalue weighted by atomic mass is 35.5. The second-order valence-electron chi connectivity index (χ2n) is 1.87. The van der Waals surface area contributed by atoms with Crippen molar-refractivity contribution < 1.29 is 6.22 Å². The first-order chi connectivity index (χ1) is 4.36. The Kier molecular flexibility index (Phi) is 1.59. The van der Waals surface area contributed by atoms with E-state index in [4.69, 9.17) is 0 Å². The van der Waals surface area contributed by atoms with Crippen LogP contribution in [0.1, 0.15) is 1.43 Å². The third kappa shape index (κ3) is 0.844. The molecule has 1 N–H and O–H groups in total. The van der Waals surface area contributed by atoms with Crippen molar-refractivity contribution in [2.24, 2.45) is 4.99 Å². The van der Waals surface area contributed by atoms with Crippen molar-refractivity contribution in [3.05, 3.63) is 23.0 Å². The van der Waals surface area contributed by atoms with Crippen LogP contribution in [-0.2, 0) is 4.79 Å². The predicted molar refractivity (Wildman–Crippen MR) is 39.4 cm³/mol. The molecule has 0 saturated carbocycles. The summed E-state index contributed by atoms with van der Waals surface area (Å²) in [5, 5.41) is 1.57. The van der Waals surface area contributed by atoms with Gasteiger partial charge in [0.1, 0.15) is 0 Å². The van der Waals surface area contributed by atoms with E-state index in [0.717, 1.165) is 10.7 Å². The maximum absolute atomic E-state index is 10.5. The van der Waals surface area contributed by atoms with Crippen molar-refractivity contribution in [3.8, 4) is 0 Å². The van der Waals surface area contributed by atoms with Gasteiger partial charge < -0.3 is 4.98 Å².